The Morgan fingerprint density at radius 2 is 1.80 bits per heavy atom. The molecule has 1 aliphatic carbocycles. The van der Waals surface area contributed by atoms with Crippen LogP contribution in [0.2, 0.25) is 5.02 Å². The van der Waals surface area contributed by atoms with E-state index in [1.54, 1.807) is 49.4 Å². The number of hydrogen-bond acceptors (Lipinski definition) is 4. The number of benzene rings is 2. The topological polar surface area (TPSA) is 86.8 Å². The molecule has 3 rings (SSSR count). The van der Waals surface area contributed by atoms with Gasteiger partial charge in [0.25, 0.3) is 0 Å². The Kier molecular flexibility index (Phi) is 9.61. The summed E-state index contributed by atoms with van der Waals surface area (Å²) in [6.45, 7) is 1.36. The monoisotopic (exact) mass is 583 g/mol. The van der Waals surface area contributed by atoms with E-state index in [-0.39, 0.29) is 18.5 Å². The lowest BCUT2D eigenvalue weighted by Gasteiger charge is -2.33. The maximum Gasteiger partial charge on any atom is 0.244 e. The number of nitrogens with zero attached hydrogens (tertiary/aromatic N) is 2. The van der Waals surface area contributed by atoms with Crippen LogP contribution in [0.15, 0.2) is 53.0 Å². The summed E-state index contributed by atoms with van der Waals surface area (Å²) in [7, 11) is -3.77. The van der Waals surface area contributed by atoms with Gasteiger partial charge in [0, 0.05) is 22.1 Å². The van der Waals surface area contributed by atoms with Gasteiger partial charge in [0.2, 0.25) is 21.8 Å². The van der Waals surface area contributed by atoms with Gasteiger partial charge >= 0.3 is 0 Å². The minimum atomic E-state index is -3.77. The molecule has 2 amide bonds. The number of carbonyl (C=O) groups is 2. The zero-order valence-corrected chi connectivity index (χ0v) is 23.1. The molecule has 2 aromatic rings. The normalized spacial score (nSPS) is 15.3. The van der Waals surface area contributed by atoms with E-state index in [1.807, 2.05) is 6.07 Å². The number of hydrogen-bond donors (Lipinski definition) is 1. The predicted octanol–water partition coefficient (Wildman–Crippen LogP) is 4.73. The lowest BCUT2D eigenvalue weighted by molar-refractivity contribution is -0.139. The second kappa shape index (κ2) is 12.2. The minimum absolute atomic E-state index is 0.0935. The Labute approximate surface area is 221 Å². The van der Waals surface area contributed by atoms with Crippen LogP contribution in [0, 0.1) is 0 Å². The van der Waals surface area contributed by atoms with E-state index in [1.165, 1.54) is 4.90 Å². The van der Waals surface area contributed by atoms with Crippen LogP contribution in [0.1, 0.15) is 44.6 Å². The van der Waals surface area contributed by atoms with Gasteiger partial charge in [-0.1, -0.05) is 65.0 Å². The van der Waals surface area contributed by atoms with Gasteiger partial charge in [0.05, 0.1) is 11.9 Å². The van der Waals surface area contributed by atoms with E-state index in [0.717, 1.165) is 48.2 Å². The third kappa shape index (κ3) is 7.95. The molecule has 1 saturated carbocycles. The fraction of sp³-hybridized carbons (Fsp3) is 0.440. The fourth-order valence-corrected chi connectivity index (χ4v) is 5.67. The van der Waals surface area contributed by atoms with Gasteiger partial charge < -0.3 is 10.2 Å². The summed E-state index contributed by atoms with van der Waals surface area (Å²) in [5, 5.41) is 3.59. The molecule has 7 nitrogen and oxygen atoms in total. The first-order valence-corrected chi connectivity index (χ1v) is 14.6. The zero-order chi connectivity index (χ0) is 25.6. The quantitative estimate of drug-likeness (QED) is 0.462. The predicted molar refractivity (Wildman–Crippen MR) is 143 cm³/mol. The Hall–Kier alpha value is -2.10. The summed E-state index contributed by atoms with van der Waals surface area (Å²) in [4.78, 5) is 28.1. The molecule has 2 aromatic carbocycles. The lowest BCUT2D eigenvalue weighted by Crippen LogP contribution is -2.52. The maximum atomic E-state index is 13.6. The molecule has 1 unspecified atom stereocenters. The summed E-state index contributed by atoms with van der Waals surface area (Å²) in [6.07, 6.45) is 6.21. The average molecular weight is 585 g/mol. The Morgan fingerprint density at radius 1 is 1.11 bits per heavy atom. The molecule has 190 valence electrons. The van der Waals surface area contributed by atoms with Crippen molar-refractivity contribution in [3.05, 3.63) is 63.6 Å². The molecule has 35 heavy (non-hydrogen) atoms. The van der Waals surface area contributed by atoms with Crippen molar-refractivity contribution in [1.82, 2.24) is 10.2 Å². The standard InChI is InChI=1S/C25H31BrClN3O4S/c1-18(25(32)28-22-11-4-3-5-12-22)29(16-19-8-6-10-21(27)14-19)24(31)17-30(35(2,33)34)23-13-7-9-20(26)15-23/h6-10,13-15,18,22H,3-5,11-12,16-17H2,1-2H3,(H,28,32). The summed E-state index contributed by atoms with van der Waals surface area (Å²) in [5.41, 5.74) is 1.11. The molecule has 0 saturated heterocycles. The molecule has 1 N–H and O–H groups in total. The van der Waals surface area contributed by atoms with E-state index in [4.69, 9.17) is 11.6 Å². The summed E-state index contributed by atoms with van der Waals surface area (Å²) in [5.74, 6) is -0.734. The average Bonchev–Trinajstić information content (AvgIpc) is 2.80. The van der Waals surface area contributed by atoms with Gasteiger partial charge in [-0.25, -0.2) is 8.42 Å². The molecule has 0 spiro atoms. The highest BCUT2D eigenvalue weighted by molar-refractivity contribution is 9.10. The van der Waals surface area contributed by atoms with Crippen LogP contribution in [0.3, 0.4) is 0 Å². The number of halogens is 2. The van der Waals surface area contributed by atoms with Crippen LogP contribution in [0.5, 0.6) is 0 Å². The molecule has 10 heteroatoms. The fourth-order valence-electron chi connectivity index (χ4n) is 4.23. The van der Waals surface area contributed by atoms with Crippen LogP contribution in [-0.4, -0.2) is 50.0 Å². The first kappa shape index (κ1) is 27.5. The first-order chi connectivity index (χ1) is 16.5. The van der Waals surface area contributed by atoms with E-state index in [2.05, 4.69) is 21.2 Å². The summed E-state index contributed by atoms with van der Waals surface area (Å²) >= 11 is 9.49. The molecule has 0 heterocycles. The smallest absolute Gasteiger partial charge is 0.244 e. The molecule has 1 aliphatic rings. The summed E-state index contributed by atoms with van der Waals surface area (Å²) < 4.78 is 27.0. The number of amides is 2. The van der Waals surface area contributed by atoms with Crippen LogP contribution in [0.4, 0.5) is 5.69 Å². The first-order valence-electron chi connectivity index (χ1n) is 11.6. The molecule has 1 fully saturated rings. The second-order valence-corrected chi connectivity index (χ2v) is 12.2. The Bertz CT molecular complexity index is 1150. The number of sulfonamides is 1. The van der Waals surface area contributed by atoms with E-state index < -0.39 is 28.5 Å². The van der Waals surface area contributed by atoms with Crippen LogP contribution < -0.4 is 9.62 Å². The molecule has 0 radical (unpaired) electrons. The molecular weight excluding hydrogens is 554 g/mol. The van der Waals surface area contributed by atoms with Crippen LogP contribution in [0.25, 0.3) is 0 Å². The molecule has 1 atom stereocenters. The molecule has 0 bridgehead atoms. The van der Waals surface area contributed by atoms with Crippen LogP contribution >= 0.6 is 27.5 Å². The van der Waals surface area contributed by atoms with Crippen molar-refractivity contribution in [2.75, 3.05) is 17.1 Å². The highest BCUT2D eigenvalue weighted by atomic mass is 79.9. The van der Waals surface area contributed by atoms with Crippen molar-refractivity contribution in [2.24, 2.45) is 0 Å². The Morgan fingerprint density at radius 3 is 2.43 bits per heavy atom. The van der Waals surface area contributed by atoms with Crippen molar-refractivity contribution >= 4 is 55.1 Å². The highest BCUT2D eigenvalue weighted by Gasteiger charge is 2.31. The number of anilines is 1. The molecule has 0 aliphatic heterocycles. The zero-order valence-electron chi connectivity index (χ0n) is 19.9. The number of rotatable bonds is 9. The largest absolute Gasteiger partial charge is 0.352 e. The van der Waals surface area contributed by atoms with Crippen molar-refractivity contribution in [1.29, 1.82) is 0 Å². The Balaban J connectivity index is 1.87. The van der Waals surface area contributed by atoms with Crippen molar-refractivity contribution in [3.63, 3.8) is 0 Å². The van der Waals surface area contributed by atoms with Gasteiger partial charge in [-0.05, 0) is 55.7 Å². The lowest BCUT2D eigenvalue weighted by atomic mass is 9.95. The number of nitrogens with one attached hydrogen (secondary N) is 1. The van der Waals surface area contributed by atoms with Crippen LogP contribution in [-0.2, 0) is 26.2 Å². The van der Waals surface area contributed by atoms with Gasteiger partial charge in [-0.3, -0.25) is 13.9 Å². The van der Waals surface area contributed by atoms with E-state index in [0.29, 0.717) is 15.2 Å². The highest BCUT2D eigenvalue weighted by Crippen LogP contribution is 2.23. The van der Waals surface area contributed by atoms with E-state index >= 15 is 0 Å². The third-order valence-corrected chi connectivity index (χ3v) is 8.01. The van der Waals surface area contributed by atoms with Gasteiger partial charge in [0.15, 0.2) is 0 Å². The van der Waals surface area contributed by atoms with Gasteiger partial charge in [0.1, 0.15) is 12.6 Å². The van der Waals surface area contributed by atoms with E-state index in [9.17, 15) is 18.0 Å². The third-order valence-electron chi connectivity index (χ3n) is 6.14. The molecular formula is C25H31BrClN3O4S. The van der Waals surface area contributed by atoms with Crippen molar-refractivity contribution in [3.8, 4) is 0 Å². The molecule has 0 aromatic heterocycles. The minimum Gasteiger partial charge on any atom is -0.352 e. The number of carbonyl (C=O) groups excluding carboxylic acids is 2. The van der Waals surface area contributed by atoms with Crippen molar-refractivity contribution in [2.45, 2.75) is 57.7 Å². The maximum absolute atomic E-state index is 13.6. The summed E-state index contributed by atoms with van der Waals surface area (Å²) in [6, 6.07) is 13.1. The second-order valence-electron chi connectivity index (χ2n) is 8.92. The van der Waals surface area contributed by atoms with Crippen molar-refractivity contribution < 1.29 is 18.0 Å². The van der Waals surface area contributed by atoms with Gasteiger partial charge in [-0.2, -0.15) is 0 Å². The SMILES string of the molecule is CC(C(=O)NC1CCCCC1)N(Cc1cccc(Cl)c1)C(=O)CN(c1cccc(Br)c1)S(C)(=O)=O. The van der Waals surface area contributed by atoms with Gasteiger partial charge in [-0.15, -0.1) is 0 Å².